The molecule has 0 saturated carbocycles. The van der Waals surface area contributed by atoms with Crippen LogP contribution in [0.15, 0.2) is 30.3 Å². The third-order valence-corrected chi connectivity index (χ3v) is 3.84. The number of carbonyl (C=O) groups excluding carboxylic acids is 1. The molecule has 1 amide bonds. The Balaban J connectivity index is 2.06. The smallest absolute Gasteiger partial charge is 0.270 e. The number of halogens is 1. The molecule has 5 heteroatoms. The van der Waals surface area contributed by atoms with Crippen LogP contribution in [0, 0.1) is 0 Å². The van der Waals surface area contributed by atoms with Gasteiger partial charge < -0.3 is 10.2 Å². The van der Waals surface area contributed by atoms with E-state index in [0.717, 1.165) is 17.4 Å². The van der Waals surface area contributed by atoms with Gasteiger partial charge in [-0.2, -0.15) is 0 Å². The van der Waals surface area contributed by atoms with Crippen LogP contribution in [0.3, 0.4) is 0 Å². The molecule has 0 radical (unpaired) electrons. The number of nitrogens with one attached hydrogen (secondary N) is 1. The molecule has 0 fully saturated rings. The highest BCUT2D eigenvalue weighted by Gasteiger charge is 2.11. The summed E-state index contributed by atoms with van der Waals surface area (Å²) in [6.45, 7) is 5.61. The lowest BCUT2D eigenvalue weighted by atomic mass is 10.2. The van der Waals surface area contributed by atoms with Crippen LogP contribution < -0.4 is 5.32 Å². The fraction of sp³-hybridized carbons (Fsp3) is 0.375. The minimum absolute atomic E-state index is 0.195. The Morgan fingerprint density at radius 3 is 2.81 bits per heavy atom. The van der Waals surface area contributed by atoms with Crippen LogP contribution >= 0.6 is 11.6 Å². The second-order valence-electron chi connectivity index (χ2n) is 5.34. The summed E-state index contributed by atoms with van der Waals surface area (Å²) < 4.78 is 0. The zero-order chi connectivity index (χ0) is 15.4. The Kier molecular flexibility index (Phi) is 5.15. The lowest BCUT2D eigenvalue weighted by molar-refractivity contribution is 0.0943. The van der Waals surface area contributed by atoms with Gasteiger partial charge in [0.2, 0.25) is 0 Å². The first kappa shape index (κ1) is 15.7. The molecule has 1 N–H and O–H groups in total. The Morgan fingerprint density at radius 2 is 2.10 bits per heavy atom. The molecule has 0 saturated heterocycles. The highest BCUT2D eigenvalue weighted by atomic mass is 35.5. The molecule has 112 valence electrons. The summed E-state index contributed by atoms with van der Waals surface area (Å²) in [5, 5.41) is 4.28. The molecule has 0 aliphatic heterocycles. The molecule has 0 aliphatic rings. The molecule has 0 aliphatic carbocycles. The van der Waals surface area contributed by atoms with E-state index in [1.165, 1.54) is 0 Å². The van der Waals surface area contributed by atoms with Gasteiger partial charge in [-0.25, -0.2) is 4.98 Å². The monoisotopic (exact) mass is 305 g/mol. The maximum absolute atomic E-state index is 12.1. The third kappa shape index (κ3) is 3.93. The van der Waals surface area contributed by atoms with Gasteiger partial charge in [0.15, 0.2) is 0 Å². The van der Waals surface area contributed by atoms with Crippen molar-refractivity contribution >= 4 is 28.4 Å². The van der Waals surface area contributed by atoms with E-state index in [1.807, 2.05) is 31.3 Å². The van der Waals surface area contributed by atoms with Gasteiger partial charge in [0.25, 0.3) is 5.91 Å². The van der Waals surface area contributed by atoms with Crippen LogP contribution in [0.25, 0.3) is 10.9 Å². The number of likely N-dealkylation sites (N-methyl/N-ethyl adjacent to an activating group) is 1. The Labute approximate surface area is 130 Å². The van der Waals surface area contributed by atoms with E-state index < -0.39 is 0 Å². The summed E-state index contributed by atoms with van der Waals surface area (Å²) in [7, 11) is 2.03. The fourth-order valence-corrected chi connectivity index (χ4v) is 2.21. The minimum Gasteiger partial charge on any atom is -0.349 e. The molecule has 1 heterocycles. The van der Waals surface area contributed by atoms with E-state index in [9.17, 15) is 4.79 Å². The van der Waals surface area contributed by atoms with Gasteiger partial charge in [-0.05, 0) is 33.0 Å². The Morgan fingerprint density at radius 1 is 1.38 bits per heavy atom. The zero-order valence-corrected chi connectivity index (χ0v) is 13.3. The van der Waals surface area contributed by atoms with Gasteiger partial charge in [0, 0.05) is 24.5 Å². The van der Waals surface area contributed by atoms with Crippen molar-refractivity contribution in [3.63, 3.8) is 0 Å². The molecule has 1 aromatic carbocycles. The first-order valence-electron chi connectivity index (χ1n) is 7.02. The molecule has 2 aromatic rings. The number of fused-ring (bicyclic) bond motifs is 1. The van der Waals surface area contributed by atoms with Crippen LogP contribution in [0.1, 0.15) is 24.3 Å². The molecule has 1 aromatic heterocycles. The van der Waals surface area contributed by atoms with Crippen molar-refractivity contribution in [3.8, 4) is 0 Å². The van der Waals surface area contributed by atoms with Crippen LogP contribution in [0.4, 0.5) is 0 Å². The third-order valence-electron chi connectivity index (χ3n) is 3.53. The maximum Gasteiger partial charge on any atom is 0.270 e. The number of amides is 1. The molecule has 0 atom stereocenters. The number of hydrogen-bond acceptors (Lipinski definition) is 3. The standard InChI is InChI=1S/C16H20ClN3O/c1-11(2)20(3)9-8-18-16(21)15-10-13(17)12-6-4-5-7-14(12)19-15/h4-7,10-11H,8-9H2,1-3H3,(H,18,21). The topological polar surface area (TPSA) is 45.2 Å². The van der Waals surface area contributed by atoms with E-state index >= 15 is 0 Å². The molecule has 0 spiro atoms. The number of para-hydroxylation sites is 1. The van der Waals surface area contributed by atoms with Crippen molar-refractivity contribution in [2.24, 2.45) is 0 Å². The zero-order valence-electron chi connectivity index (χ0n) is 12.6. The summed E-state index contributed by atoms with van der Waals surface area (Å²) in [5.41, 5.74) is 1.08. The average molecular weight is 306 g/mol. The van der Waals surface area contributed by atoms with Gasteiger partial charge >= 0.3 is 0 Å². The lowest BCUT2D eigenvalue weighted by Crippen LogP contribution is -2.36. The van der Waals surface area contributed by atoms with Crippen LogP contribution in [-0.2, 0) is 0 Å². The molecule has 21 heavy (non-hydrogen) atoms. The van der Waals surface area contributed by atoms with Crippen molar-refractivity contribution in [1.82, 2.24) is 15.2 Å². The number of aromatic nitrogens is 1. The maximum atomic E-state index is 12.1. The van der Waals surface area contributed by atoms with Gasteiger partial charge in [-0.3, -0.25) is 4.79 Å². The largest absolute Gasteiger partial charge is 0.349 e. The van der Waals surface area contributed by atoms with Crippen LogP contribution in [0.2, 0.25) is 5.02 Å². The number of rotatable bonds is 5. The van der Waals surface area contributed by atoms with Crippen LogP contribution in [-0.4, -0.2) is 42.0 Å². The average Bonchev–Trinajstić information content (AvgIpc) is 2.46. The summed E-state index contributed by atoms with van der Waals surface area (Å²) in [4.78, 5) is 18.7. The predicted octanol–water partition coefficient (Wildman–Crippen LogP) is 2.96. The first-order chi connectivity index (χ1) is 9.99. The number of benzene rings is 1. The van der Waals surface area contributed by atoms with Crippen molar-refractivity contribution in [1.29, 1.82) is 0 Å². The van der Waals surface area contributed by atoms with E-state index in [4.69, 9.17) is 11.6 Å². The highest BCUT2D eigenvalue weighted by Crippen LogP contribution is 2.22. The number of carbonyl (C=O) groups is 1. The van der Waals surface area contributed by atoms with Gasteiger partial charge in [-0.15, -0.1) is 0 Å². The molecule has 0 bridgehead atoms. The van der Waals surface area contributed by atoms with Crippen molar-refractivity contribution in [3.05, 3.63) is 41.0 Å². The van der Waals surface area contributed by atoms with Gasteiger partial charge in [-0.1, -0.05) is 29.8 Å². The van der Waals surface area contributed by atoms with Crippen molar-refractivity contribution < 1.29 is 4.79 Å². The van der Waals surface area contributed by atoms with Crippen molar-refractivity contribution in [2.75, 3.05) is 20.1 Å². The first-order valence-corrected chi connectivity index (χ1v) is 7.40. The van der Waals surface area contributed by atoms with Gasteiger partial charge in [0.1, 0.15) is 5.69 Å². The summed E-state index contributed by atoms with van der Waals surface area (Å²) in [6.07, 6.45) is 0. The SMILES string of the molecule is CC(C)N(C)CCNC(=O)c1cc(Cl)c2ccccc2n1. The summed E-state index contributed by atoms with van der Waals surface area (Å²) in [6, 6.07) is 9.59. The molecular weight excluding hydrogens is 286 g/mol. The minimum atomic E-state index is -0.195. The van der Waals surface area contributed by atoms with E-state index in [0.29, 0.717) is 23.3 Å². The van der Waals surface area contributed by atoms with Crippen molar-refractivity contribution in [2.45, 2.75) is 19.9 Å². The van der Waals surface area contributed by atoms with E-state index in [1.54, 1.807) is 6.07 Å². The van der Waals surface area contributed by atoms with Gasteiger partial charge in [0.05, 0.1) is 10.5 Å². The predicted molar refractivity (Wildman–Crippen MR) is 86.9 cm³/mol. The summed E-state index contributed by atoms with van der Waals surface area (Å²) in [5.74, 6) is -0.195. The number of hydrogen-bond donors (Lipinski definition) is 1. The molecule has 0 unspecified atom stereocenters. The lowest BCUT2D eigenvalue weighted by Gasteiger charge is -2.20. The van der Waals surface area contributed by atoms with E-state index in [-0.39, 0.29) is 5.91 Å². The Bertz CT molecular complexity index is 642. The molecule has 4 nitrogen and oxygen atoms in total. The second-order valence-corrected chi connectivity index (χ2v) is 5.74. The molecule has 2 rings (SSSR count). The second kappa shape index (κ2) is 6.87. The van der Waals surface area contributed by atoms with Crippen LogP contribution in [0.5, 0.6) is 0 Å². The number of pyridine rings is 1. The fourth-order valence-electron chi connectivity index (χ4n) is 1.94. The number of nitrogens with zero attached hydrogens (tertiary/aromatic N) is 2. The van der Waals surface area contributed by atoms with E-state index in [2.05, 4.69) is 29.0 Å². The Hall–Kier alpha value is -1.65. The quantitative estimate of drug-likeness (QED) is 0.924. The molecular formula is C16H20ClN3O. The summed E-state index contributed by atoms with van der Waals surface area (Å²) >= 11 is 6.20. The highest BCUT2D eigenvalue weighted by molar-refractivity contribution is 6.35. The normalized spacial score (nSPS) is 11.3.